The largest absolute Gasteiger partial charge is 0.327 e. The Bertz CT molecular complexity index is 473. The van der Waals surface area contributed by atoms with Gasteiger partial charge in [-0.3, -0.25) is 0 Å². The van der Waals surface area contributed by atoms with Crippen molar-refractivity contribution in [1.29, 1.82) is 0 Å². The molecule has 0 saturated heterocycles. The molecule has 0 amide bonds. The molecule has 1 aromatic carbocycles. The van der Waals surface area contributed by atoms with Crippen LogP contribution in [-0.4, -0.2) is 16.6 Å². The summed E-state index contributed by atoms with van der Waals surface area (Å²) in [5, 5.41) is 3.26. The molecule has 16 heavy (non-hydrogen) atoms. The standard InChI is InChI=1S/C13H19N3/c1-4-9-16-12-8-6-5-7-11(12)15-13(16)10(2)14-3/h5-8,10,14H,4,9H2,1-3H3. The number of para-hydroxylation sites is 2. The lowest BCUT2D eigenvalue weighted by Gasteiger charge is -2.13. The summed E-state index contributed by atoms with van der Waals surface area (Å²) in [6.45, 7) is 5.37. The highest BCUT2D eigenvalue weighted by atomic mass is 15.1. The van der Waals surface area contributed by atoms with Crippen LogP contribution in [0.4, 0.5) is 0 Å². The zero-order chi connectivity index (χ0) is 11.5. The molecule has 2 aromatic rings. The topological polar surface area (TPSA) is 29.9 Å². The molecule has 0 saturated carbocycles. The molecule has 0 spiro atoms. The number of fused-ring (bicyclic) bond motifs is 1. The average molecular weight is 217 g/mol. The number of nitrogens with zero attached hydrogens (tertiary/aromatic N) is 2. The molecule has 3 heteroatoms. The Morgan fingerprint density at radius 2 is 2.12 bits per heavy atom. The first kappa shape index (κ1) is 11.1. The molecule has 0 bridgehead atoms. The van der Waals surface area contributed by atoms with Crippen LogP contribution in [0.3, 0.4) is 0 Å². The Balaban J connectivity index is 2.58. The van der Waals surface area contributed by atoms with E-state index < -0.39 is 0 Å². The summed E-state index contributed by atoms with van der Waals surface area (Å²) in [6.07, 6.45) is 1.13. The third-order valence-electron chi connectivity index (χ3n) is 2.95. The predicted octanol–water partition coefficient (Wildman–Crippen LogP) is 2.73. The Morgan fingerprint density at radius 1 is 1.38 bits per heavy atom. The number of benzene rings is 1. The molecule has 0 aliphatic heterocycles. The SMILES string of the molecule is CCCn1c(C(C)NC)nc2ccccc21. The molecule has 1 heterocycles. The lowest BCUT2D eigenvalue weighted by atomic mass is 10.3. The van der Waals surface area contributed by atoms with E-state index in [1.54, 1.807) is 0 Å². The van der Waals surface area contributed by atoms with Crippen molar-refractivity contribution in [1.82, 2.24) is 14.9 Å². The Morgan fingerprint density at radius 3 is 2.81 bits per heavy atom. The van der Waals surface area contributed by atoms with E-state index in [4.69, 9.17) is 4.98 Å². The quantitative estimate of drug-likeness (QED) is 0.853. The number of hydrogen-bond donors (Lipinski definition) is 1. The fourth-order valence-corrected chi connectivity index (χ4v) is 2.01. The second kappa shape index (κ2) is 4.66. The summed E-state index contributed by atoms with van der Waals surface area (Å²) in [4.78, 5) is 4.70. The molecule has 0 aliphatic carbocycles. The van der Waals surface area contributed by atoms with Crippen LogP contribution < -0.4 is 5.32 Å². The number of hydrogen-bond acceptors (Lipinski definition) is 2. The summed E-state index contributed by atoms with van der Waals surface area (Å²) < 4.78 is 2.32. The van der Waals surface area contributed by atoms with Crippen LogP contribution in [0.15, 0.2) is 24.3 Å². The third-order valence-corrected chi connectivity index (χ3v) is 2.95. The number of nitrogens with one attached hydrogen (secondary N) is 1. The van der Waals surface area contributed by atoms with Gasteiger partial charge in [-0.1, -0.05) is 19.1 Å². The Hall–Kier alpha value is -1.35. The van der Waals surface area contributed by atoms with Crippen LogP contribution in [0.2, 0.25) is 0 Å². The van der Waals surface area contributed by atoms with Crippen molar-refractivity contribution in [2.24, 2.45) is 0 Å². The maximum atomic E-state index is 4.70. The van der Waals surface area contributed by atoms with Crippen LogP contribution in [0.5, 0.6) is 0 Å². The summed E-state index contributed by atoms with van der Waals surface area (Å²) in [5.74, 6) is 1.13. The zero-order valence-corrected chi connectivity index (χ0v) is 10.2. The van der Waals surface area contributed by atoms with Gasteiger partial charge in [-0.2, -0.15) is 0 Å². The Labute approximate surface area is 96.5 Å². The lowest BCUT2D eigenvalue weighted by molar-refractivity contribution is 0.554. The van der Waals surface area contributed by atoms with E-state index in [1.807, 2.05) is 13.1 Å². The van der Waals surface area contributed by atoms with Crippen LogP contribution in [0.25, 0.3) is 11.0 Å². The smallest absolute Gasteiger partial charge is 0.126 e. The molecule has 1 atom stereocenters. The van der Waals surface area contributed by atoms with Crippen LogP contribution >= 0.6 is 0 Å². The molecular formula is C13H19N3. The number of rotatable bonds is 4. The summed E-state index contributed by atoms with van der Waals surface area (Å²) in [7, 11) is 1.97. The van der Waals surface area contributed by atoms with Gasteiger partial charge in [0.15, 0.2) is 0 Å². The fourth-order valence-electron chi connectivity index (χ4n) is 2.01. The van der Waals surface area contributed by atoms with Crippen LogP contribution in [-0.2, 0) is 6.54 Å². The van der Waals surface area contributed by atoms with Gasteiger partial charge in [-0.15, -0.1) is 0 Å². The van der Waals surface area contributed by atoms with E-state index in [0.29, 0.717) is 6.04 Å². The van der Waals surface area contributed by atoms with E-state index in [1.165, 1.54) is 5.52 Å². The predicted molar refractivity (Wildman–Crippen MR) is 67.5 cm³/mol. The first-order valence-corrected chi connectivity index (χ1v) is 5.90. The van der Waals surface area contributed by atoms with Gasteiger partial charge in [0.1, 0.15) is 5.82 Å². The molecule has 2 rings (SSSR count). The molecule has 0 aliphatic rings. The molecule has 1 N–H and O–H groups in total. The van der Waals surface area contributed by atoms with Crippen molar-refractivity contribution in [2.75, 3.05) is 7.05 Å². The number of aryl methyl sites for hydroxylation is 1. The minimum atomic E-state index is 0.291. The van der Waals surface area contributed by atoms with E-state index in [2.05, 4.69) is 41.9 Å². The van der Waals surface area contributed by atoms with Crippen molar-refractivity contribution in [3.05, 3.63) is 30.1 Å². The van der Waals surface area contributed by atoms with Crippen LogP contribution in [0.1, 0.15) is 32.1 Å². The fraction of sp³-hybridized carbons (Fsp3) is 0.462. The molecule has 1 unspecified atom stereocenters. The molecule has 86 valence electrons. The highest BCUT2D eigenvalue weighted by molar-refractivity contribution is 5.76. The average Bonchev–Trinajstić information content (AvgIpc) is 2.68. The normalized spacial score (nSPS) is 13.2. The summed E-state index contributed by atoms with van der Waals surface area (Å²) in [5.41, 5.74) is 2.33. The van der Waals surface area contributed by atoms with Crippen molar-refractivity contribution in [3.8, 4) is 0 Å². The van der Waals surface area contributed by atoms with E-state index in [0.717, 1.165) is 24.3 Å². The first-order valence-electron chi connectivity index (χ1n) is 5.90. The molecule has 0 fully saturated rings. The van der Waals surface area contributed by atoms with Gasteiger partial charge in [-0.25, -0.2) is 4.98 Å². The third kappa shape index (κ3) is 1.83. The van der Waals surface area contributed by atoms with Gasteiger partial charge in [0, 0.05) is 6.54 Å². The maximum Gasteiger partial charge on any atom is 0.126 e. The second-order valence-electron chi connectivity index (χ2n) is 4.12. The van der Waals surface area contributed by atoms with Gasteiger partial charge in [-0.05, 0) is 32.5 Å². The van der Waals surface area contributed by atoms with Gasteiger partial charge < -0.3 is 9.88 Å². The van der Waals surface area contributed by atoms with Crippen molar-refractivity contribution in [3.63, 3.8) is 0 Å². The van der Waals surface area contributed by atoms with Gasteiger partial charge >= 0.3 is 0 Å². The monoisotopic (exact) mass is 217 g/mol. The summed E-state index contributed by atoms with van der Waals surface area (Å²) in [6, 6.07) is 8.62. The maximum absolute atomic E-state index is 4.70. The van der Waals surface area contributed by atoms with E-state index in [-0.39, 0.29) is 0 Å². The number of imidazole rings is 1. The molecule has 1 aromatic heterocycles. The van der Waals surface area contributed by atoms with E-state index >= 15 is 0 Å². The van der Waals surface area contributed by atoms with Gasteiger partial charge in [0.2, 0.25) is 0 Å². The van der Waals surface area contributed by atoms with E-state index in [9.17, 15) is 0 Å². The van der Waals surface area contributed by atoms with Gasteiger partial charge in [0.25, 0.3) is 0 Å². The highest BCUT2D eigenvalue weighted by Gasteiger charge is 2.13. The van der Waals surface area contributed by atoms with Crippen molar-refractivity contribution >= 4 is 11.0 Å². The molecule has 0 radical (unpaired) electrons. The lowest BCUT2D eigenvalue weighted by Crippen LogP contribution is -2.17. The minimum absolute atomic E-state index is 0.291. The molecule has 3 nitrogen and oxygen atoms in total. The molecular weight excluding hydrogens is 198 g/mol. The first-order chi connectivity index (χ1) is 7.77. The second-order valence-corrected chi connectivity index (χ2v) is 4.12. The van der Waals surface area contributed by atoms with Crippen molar-refractivity contribution < 1.29 is 0 Å². The highest BCUT2D eigenvalue weighted by Crippen LogP contribution is 2.20. The van der Waals surface area contributed by atoms with Crippen molar-refractivity contribution in [2.45, 2.75) is 32.9 Å². The number of aromatic nitrogens is 2. The minimum Gasteiger partial charge on any atom is -0.327 e. The Kier molecular flexibility index (Phi) is 3.25. The summed E-state index contributed by atoms with van der Waals surface area (Å²) >= 11 is 0. The zero-order valence-electron chi connectivity index (χ0n) is 10.2. The van der Waals surface area contributed by atoms with Gasteiger partial charge in [0.05, 0.1) is 17.1 Å². The van der Waals surface area contributed by atoms with Crippen LogP contribution in [0, 0.1) is 0 Å².